The fourth-order valence-electron chi connectivity index (χ4n) is 2.64. The van der Waals surface area contributed by atoms with Gasteiger partial charge in [0.25, 0.3) is 5.91 Å². The summed E-state index contributed by atoms with van der Waals surface area (Å²) in [6, 6.07) is 3.43. The first-order valence-electron chi connectivity index (χ1n) is 8.17. The smallest absolute Gasteiger partial charge is 0.336 e. The molecule has 27 heavy (non-hydrogen) atoms. The Morgan fingerprint density at radius 1 is 1.15 bits per heavy atom. The van der Waals surface area contributed by atoms with Crippen molar-refractivity contribution in [3.63, 3.8) is 0 Å². The Morgan fingerprint density at radius 2 is 1.78 bits per heavy atom. The lowest BCUT2D eigenvalue weighted by molar-refractivity contribution is -0.137. The van der Waals surface area contributed by atoms with Crippen LogP contribution in [-0.2, 0) is 6.18 Å². The van der Waals surface area contributed by atoms with Gasteiger partial charge in [-0.2, -0.15) is 13.2 Å². The predicted octanol–water partition coefficient (Wildman–Crippen LogP) is 3.28. The molecule has 1 aliphatic rings. The second-order valence-corrected chi connectivity index (χ2v) is 6.62. The molecule has 1 aromatic heterocycles. The average Bonchev–Trinajstić information content (AvgIpc) is 2.63. The fraction of sp³-hybridized carbons (Fsp3) is 0.353. The van der Waals surface area contributed by atoms with E-state index in [0.717, 1.165) is 25.2 Å². The number of anilines is 2. The van der Waals surface area contributed by atoms with Gasteiger partial charge in [0.1, 0.15) is 0 Å². The molecular formula is C17H17ClF3N5O. The molecule has 0 spiro atoms. The fourth-order valence-corrected chi connectivity index (χ4v) is 2.87. The van der Waals surface area contributed by atoms with Crippen LogP contribution in [0.1, 0.15) is 15.9 Å². The first kappa shape index (κ1) is 19.4. The molecule has 1 saturated heterocycles. The minimum Gasteiger partial charge on any atom is -0.336 e. The van der Waals surface area contributed by atoms with Gasteiger partial charge in [-0.05, 0) is 25.2 Å². The van der Waals surface area contributed by atoms with Crippen LogP contribution in [0.4, 0.5) is 24.8 Å². The molecule has 144 valence electrons. The van der Waals surface area contributed by atoms with Crippen molar-refractivity contribution < 1.29 is 18.0 Å². The summed E-state index contributed by atoms with van der Waals surface area (Å²) in [5.74, 6) is -0.0825. The molecule has 0 aliphatic carbocycles. The lowest BCUT2D eigenvalue weighted by Gasteiger charge is -2.32. The van der Waals surface area contributed by atoms with Crippen molar-refractivity contribution >= 4 is 29.1 Å². The quantitative estimate of drug-likeness (QED) is 0.858. The van der Waals surface area contributed by atoms with Crippen molar-refractivity contribution in [2.75, 3.05) is 38.5 Å². The highest BCUT2D eigenvalue weighted by atomic mass is 35.5. The van der Waals surface area contributed by atoms with E-state index in [2.05, 4.69) is 20.2 Å². The zero-order valence-electron chi connectivity index (χ0n) is 14.4. The van der Waals surface area contributed by atoms with Crippen LogP contribution in [0.5, 0.6) is 0 Å². The number of carbonyl (C=O) groups is 1. The third-order valence-electron chi connectivity index (χ3n) is 4.22. The van der Waals surface area contributed by atoms with Crippen molar-refractivity contribution in [3.8, 4) is 0 Å². The van der Waals surface area contributed by atoms with Crippen LogP contribution in [0, 0.1) is 0 Å². The van der Waals surface area contributed by atoms with Gasteiger partial charge in [-0.15, -0.1) is 0 Å². The van der Waals surface area contributed by atoms with Crippen LogP contribution in [-0.4, -0.2) is 58.9 Å². The molecule has 0 radical (unpaired) electrons. The summed E-state index contributed by atoms with van der Waals surface area (Å²) in [4.78, 5) is 24.3. The van der Waals surface area contributed by atoms with Crippen molar-refractivity contribution in [3.05, 3.63) is 46.7 Å². The standard InChI is InChI=1S/C17H17ClF3N5O/c1-25-4-6-26(7-5-25)15(27)11-9-22-16(23-10-11)24-12-2-3-14(18)13(8-12)17(19,20)21/h2-3,8-10H,4-7H2,1H3,(H,22,23,24). The maximum atomic E-state index is 12.9. The van der Waals surface area contributed by atoms with Crippen molar-refractivity contribution in [1.82, 2.24) is 19.8 Å². The van der Waals surface area contributed by atoms with Gasteiger partial charge in [0, 0.05) is 44.3 Å². The number of alkyl halides is 3. The maximum absolute atomic E-state index is 12.9. The summed E-state index contributed by atoms with van der Waals surface area (Å²) in [7, 11) is 1.99. The second kappa shape index (κ2) is 7.69. The molecule has 6 nitrogen and oxygen atoms in total. The second-order valence-electron chi connectivity index (χ2n) is 6.21. The van der Waals surface area contributed by atoms with Crippen molar-refractivity contribution in [1.29, 1.82) is 0 Å². The van der Waals surface area contributed by atoms with Crippen LogP contribution in [0.2, 0.25) is 5.02 Å². The van der Waals surface area contributed by atoms with E-state index < -0.39 is 11.7 Å². The maximum Gasteiger partial charge on any atom is 0.417 e. The number of carbonyl (C=O) groups excluding carboxylic acids is 1. The molecule has 2 heterocycles. The average molecular weight is 400 g/mol. The third kappa shape index (κ3) is 4.67. The number of nitrogens with one attached hydrogen (secondary N) is 1. The zero-order chi connectivity index (χ0) is 19.6. The van der Waals surface area contributed by atoms with E-state index in [-0.39, 0.29) is 22.6 Å². The molecule has 0 saturated carbocycles. The summed E-state index contributed by atoms with van der Waals surface area (Å²) >= 11 is 5.60. The SMILES string of the molecule is CN1CCN(C(=O)c2cnc(Nc3ccc(Cl)c(C(F)(F)F)c3)nc2)CC1. The van der Waals surface area contributed by atoms with Gasteiger partial charge >= 0.3 is 6.18 Å². The van der Waals surface area contributed by atoms with Gasteiger partial charge in [0.2, 0.25) is 5.95 Å². The van der Waals surface area contributed by atoms with E-state index in [9.17, 15) is 18.0 Å². The molecule has 0 bridgehead atoms. The molecule has 2 aromatic rings. The molecule has 1 aliphatic heterocycles. The minimum atomic E-state index is -4.56. The number of likely N-dealkylation sites (N-methyl/N-ethyl adjacent to an activating group) is 1. The normalized spacial score (nSPS) is 15.7. The van der Waals surface area contributed by atoms with E-state index in [1.165, 1.54) is 18.5 Å². The van der Waals surface area contributed by atoms with Gasteiger partial charge < -0.3 is 15.1 Å². The van der Waals surface area contributed by atoms with Crippen LogP contribution in [0.3, 0.4) is 0 Å². The predicted molar refractivity (Wildman–Crippen MR) is 95.2 cm³/mol. The summed E-state index contributed by atoms with van der Waals surface area (Å²) in [5.41, 5.74) is -0.474. The number of piperazine rings is 1. The molecule has 10 heteroatoms. The molecular weight excluding hydrogens is 383 g/mol. The number of rotatable bonds is 3. The number of hydrogen-bond donors (Lipinski definition) is 1. The number of nitrogens with zero attached hydrogens (tertiary/aromatic N) is 4. The Balaban J connectivity index is 1.70. The van der Waals surface area contributed by atoms with Gasteiger partial charge in [-0.25, -0.2) is 9.97 Å². The molecule has 3 rings (SSSR count). The van der Waals surface area contributed by atoms with Crippen LogP contribution in [0.25, 0.3) is 0 Å². The number of amides is 1. The zero-order valence-corrected chi connectivity index (χ0v) is 15.2. The van der Waals surface area contributed by atoms with Crippen LogP contribution in [0.15, 0.2) is 30.6 Å². The number of halogens is 4. The minimum absolute atomic E-state index is 0.0837. The number of aromatic nitrogens is 2. The van der Waals surface area contributed by atoms with Crippen molar-refractivity contribution in [2.45, 2.75) is 6.18 Å². The Hall–Kier alpha value is -2.39. The summed E-state index contributed by atoms with van der Waals surface area (Å²) in [6.07, 6.45) is -1.85. The van der Waals surface area contributed by atoms with Gasteiger partial charge in [0.05, 0.1) is 16.1 Å². The molecule has 1 amide bonds. The van der Waals surface area contributed by atoms with E-state index in [4.69, 9.17) is 11.6 Å². The third-order valence-corrected chi connectivity index (χ3v) is 4.55. The molecule has 0 atom stereocenters. The van der Waals surface area contributed by atoms with Gasteiger partial charge in [-0.1, -0.05) is 11.6 Å². The summed E-state index contributed by atoms with van der Waals surface area (Å²) < 4.78 is 38.8. The molecule has 1 fully saturated rings. The van der Waals surface area contributed by atoms with E-state index >= 15 is 0 Å². The number of benzene rings is 1. The Labute approximate surface area is 159 Å². The first-order chi connectivity index (χ1) is 12.7. The molecule has 1 aromatic carbocycles. The van der Waals surface area contributed by atoms with E-state index in [0.29, 0.717) is 18.7 Å². The highest BCUT2D eigenvalue weighted by molar-refractivity contribution is 6.31. The lowest BCUT2D eigenvalue weighted by Crippen LogP contribution is -2.47. The first-order valence-corrected chi connectivity index (χ1v) is 8.55. The highest BCUT2D eigenvalue weighted by Crippen LogP contribution is 2.36. The monoisotopic (exact) mass is 399 g/mol. The Kier molecular flexibility index (Phi) is 5.52. The summed E-state index contributed by atoms with van der Waals surface area (Å²) in [6.45, 7) is 2.84. The number of hydrogen-bond acceptors (Lipinski definition) is 5. The topological polar surface area (TPSA) is 61.4 Å². The van der Waals surface area contributed by atoms with E-state index in [1.54, 1.807) is 4.90 Å². The van der Waals surface area contributed by atoms with Gasteiger partial charge in [-0.3, -0.25) is 4.79 Å². The highest BCUT2D eigenvalue weighted by Gasteiger charge is 2.33. The summed E-state index contributed by atoms with van der Waals surface area (Å²) in [5, 5.41) is 2.30. The Bertz CT molecular complexity index is 820. The molecule has 0 unspecified atom stereocenters. The Morgan fingerprint density at radius 3 is 2.37 bits per heavy atom. The van der Waals surface area contributed by atoms with Gasteiger partial charge in [0.15, 0.2) is 0 Å². The lowest BCUT2D eigenvalue weighted by atomic mass is 10.2. The van der Waals surface area contributed by atoms with Crippen LogP contribution < -0.4 is 5.32 Å². The van der Waals surface area contributed by atoms with Crippen molar-refractivity contribution in [2.24, 2.45) is 0 Å². The largest absolute Gasteiger partial charge is 0.417 e. The van der Waals surface area contributed by atoms with E-state index in [1.807, 2.05) is 7.05 Å². The molecule has 1 N–H and O–H groups in total. The van der Waals surface area contributed by atoms with Crippen LogP contribution >= 0.6 is 11.6 Å².